The Hall–Kier alpha value is -4.97. The van der Waals surface area contributed by atoms with Crippen LogP contribution in [0.25, 0.3) is 0 Å². The molecule has 0 aliphatic heterocycles. The molecule has 0 amide bonds. The van der Waals surface area contributed by atoms with E-state index in [1.165, 1.54) is 77.0 Å². The smallest absolute Gasteiger partial charge is 0.306 e. The molecule has 67 heavy (non-hydrogen) atoms. The lowest BCUT2D eigenvalue weighted by Crippen LogP contribution is -2.30. The normalized spacial score (nSPS) is 13.4. The van der Waals surface area contributed by atoms with Gasteiger partial charge >= 0.3 is 17.9 Å². The summed E-state index contributed by atoms with van der Waals surface area (Å²) in [5, 5.41) is 0. The molecule has 0 aliphatic carbocycles. The van der Waals surface area contributed by atoms with Gasteiger partial charge in [0, 0.05) is 19.3 Å². The highest BCUT2D eigenvalue weighted by Gasteiger charge is 2.19. The van der Waals surface area contributed by atoms with Crippen molar-refractivity contribution < 1.29 is 28.6 Å². The maximum absolute atomic E-state index is 12.8. The average Bonchev–Trinajstić information content (AvgIpc) is 3.33. The summed E-state index contributed by atoms with van der Waals surface area (Å²) in [5.74, 6) is -1.07. The number of esters is 3. The fraction of sp³-hybridized carbons (Fsp3) is 0.525. The minimum absolute atomic E-state index is 0.128. The Kier molecular flexibility index (Phi) is 49.7. The molecule has 6 heteroatoms. The van der Waals surface area contributed by atoms with E-state index in [4.69, 9.17) is 14.2 Å². The van der Waals surface area contributed by atoms with Crippen LogP contribution in [0.15, 0.2) is 158 Å². The van der Waals surface area contributed by atoms with Gasteiger partial charge < -0.3 is 14.2 Å². The number of carbonyl (C=O) groups excluding carboxylic acids is 3. The van der Waals surface area contributed by atoms with Crippen molar-refractivity contribution in [3.63, 3.8) is 0 Å². The van der Waals surface area contributed by atoms with Gasteiger partial charge in [-0.2, -0.15) is 0 Å². The molecule has 0 aromatic heterocycles. The average molecular weight is 921 g/mol. The Balaban J connectivity index is 4.58. The Labute approximate surface area is 409 Å². The fourth-order valence-electron chi connectivity index (χ4n) is 6.43. The predicted molar refractivity (Wildman–Crippen MR) is 288 cm³/mol. The van der Waals surface area contributed by atoms with Crippen LogP contribution in [0.1, 0.15) is 188 Å². The molecule has 0 radical (unpaired) electrons. The summed E-state index contributed by atoms with van der Waals surface area (Å²) < 4.78 is 16.7. The molecule has 0 aromatic rings. The molecular weight excluding hydrogens is 829 g/mol. The molecule has 0 heterocycles. The number of unbranched alkanes of at least 4 members (excludes halogenated alkanes) is 17. The summed E-state index contributed by atoms with van der Waals surface area (Å²) in [4.78, 5) is 38.0. The molecule has 0 aliphatic rings. The summed E-state index contributed by atoms with van der Waals surface area (Å²) in [6, 6.07) is 0. The van der Waals surface area contributed by atoms with E-state index in [0.717, 1.165) is 57.8 Å². The van der Waals surface area contributed by atoms with E-state index in [1.807, 2.05) is 115 Å². The van der Waals surface area contributed by atoms with E-state index in [0.29, 0.717) is 19.3 Å². The molecule has 0 N–H and O–H groups in total. The van der Waals surface area contributed by atoms with Gasteiger partial charge in [0.15, 0.2) is 6.10 Å². The SMILES string of the molecule is CC\C=C/C=C\C=C/C=C\C=C/CCCC(=O)OCC(COC(=O)CCCCCCCCCCCC/C=C\C=C/CCCCC)OC(=O)CCCCC\C=C/C=C/C=C\C=C/C=C\C=C/CC. The van der Waals surface area contributed by atoms with Gasteiger partial charge in [0.1, 0.15) is 13.2 Å². The lowest BCUT2D eigenvalue weighted by molar-refractivity contribution is -0.167. The van der Waals surface area contributed by atoms with Crippen LogP contribution in [-0.4, -0.2) is 37.2 Å². The number of carbonyl (C=O) groups is 3. The highest BCUT2D eigenvalue weighted by Crippen LogP contribution is 2.13. The first kappa shape index (κ1) is 62.0. The second-order valence-electron chi connectivity index (χ2n) is 16.6. The van der Waals surface area contributed by atoms with Crippen molar-refractivity contribution in [2.75, 3.05) is 13.2 Å². The van der Waals surface area contributed by atoms with E-state index in [9.17, 15) is 14.4 Å². The predicted octanol–water partition coefficient (Wildman–Crippen LogP) is 17.4. The molecule has 0 bridgehead atoms. The lowest BCUT2D eigenvalue weighted by atomic mass is 10.1. The first-order chi connectivity index (χ1) is 33.0. The van der Waals surface area contributed by atoms with Gasteiger partial charge in [0.05, 0.1) is 0 Å². The molecule has 0 rings (SSSR count). The van der Waals surface area contributed by atoms with Gasteiger partial charge in [0.25, 0.3) is 0 Å². The van der Waals surface area contributed by atoms with E-state index >= 15 is 0 Å². The minimum Gasteiger partial charge on any atom is -0.462 e. The van der Waals surface area contributed by atoms with Crippen LogP contribution in [0, 0.1) is 0 Å². The minimum atomic E-state index is -0.839. The van der Waals surface area contributed by atoms with Gasteiger partial charge in [-0.3, -0.25) is 14.4 Å². The van der Waals surface area contributed by atoms with Crippen molar-refractivity contribution in [1.29, 1.82) is 0 Å². The number of hydrogen-bond donors (Lipinski definition) is 0. The molecule has 6 nitrogen and oxygen atoms in total. The summed E-state index contributed by atoms with van der Waals surface area (Å²) in [6.07, 6.45) is 78.0. The number of rotatable bonds is 44. The summed E-state index contributed by atoms with van der Waals surface area (Å²) in [7, 11) is 0. The van der Waals surface area contributed by atoms with Gasteiger partial charge in [-0.25, -0.2) is 0 Å². The van der Waals surface area contributed by atoms with Crippen molar-refractivity contribution in [2.45, 2.75) is 194 Å². The van der Waals surface area contributed by atoms with Crippen molar-refractivity contribution in [3.05, 3.63) is 158 Å². The van der Waals surface area contributed by atoms with Crippen LogP contribution in [0.3, 0.4) is 0 Å². The van der Waals surface area contributed by atoms with E-state index in [1.54, 1.807) is 0 Å². The first-order valence-electron chi connectivity index (χ1n) is 26.2. The molecule has 372 valence electrons. The Bertz CT molecular complexity index is 1570. The highest BCUT2D eigenvalue weighted by atomic mass is 16.6. The quantitative estimate of drug-likeness (QED) is 0.0262. The zero-order valence-corrected chi connectivity index (χ0v) is 42.3. The van der Waals surface area contributed by atoms with Crippen LogP contribution in [0.2, 0.25) is 0 Å². The molecule has 0 spiro atoms. The van der Waals surface area contributed by atoms with Gasteiger partial charge in [-0.15, -0.1) is 0 Å². The Morgan fingerprint density at radius 2 is 0.597 bits per heavy atom. The maximum Gasteiger partial charge on any atom is 0.306 e. The second-order valence-corrected chi connectivity index (χ2v) is 16.6. The standard InChI is InChI=1S/C61H92O6/c1-4-7-10-13-16-19-22-25-27-29-30-32-33-36-39-42-45-48-51-54-60(63)66-57-58(56-65-59(62)53-50-47-44-41-38-35-24-21-18-15-12-9-6-3)67-61(64)55-52-49-46-43-40-37-34-31-28-26-23-20-17-14-11-8-5-2/h8-9,11-12,14-26,28,31,34-35,37-38,40-41,44,58H,4-7,10,13,27,29-30,32-33,36,39,42-43,45-57H2,1-3H3/b11-8-,12-9-,17-14-,18-15-,19-16-,23-20-,24-21-,25-22-,28-26-,34-31+,38-35-,40-37-,44-41-. The zero-order chi connectivity index (χ0) is 48.6. The zero-order valence-electron chi connectivity index (χ0n) is 42.3. The largest absolute Gasteiger partial charge is 0.462 e. The molecule has 0 fully saturated rings. The molecule has 1 atom stereocenters. The van der Waals surface area contributed by atoms with Crippen molar-refractivity contribution in [1.82, 2.24) is 0 Å². The van der Waals surface area contributed by atoms with Crippen LogP contribution >= 0.6 is 0 Å². The van der Waals surface area contributed by atoms with E-state index in [2.05, 4.69) is 63.3 Å². The second kappa shape index (κ2) is 53.6. The van der Waals surface area contributed by atoms with Gasteiger partial charge in [-0.05, 0) is 77.0 Å². The van der Waals surface area contributed by atoms with Crippen molar-refractivity contribution >= 4 is 17.9 Å². The number of allylic oxidation sites excluding steroid dienone is 26. The van der Waals surface area contributed by atoms with Gasteiger partial charge in [0.2, 0.25) is 0 Å². The Morgan fingerprint density at radius 1 is 0.313 bits per heavy atom. The monoisotopic (exact) mass is 921 g/mol. The molecule has 0 aromatic carbocycles. The van der Waals surface area contributed by atoms with Crippen LogP contribution < -0.4 is 0 Å². The number of ether oxygens (including phenoxy) is 3. The third-order valence-electron chi connectivity index (χ3n) is 10.3. The number of hydrogen-bond acceptors (Lipinski definition) is 6. The van der Waals surface area contributed by atoms with Gasteiger partial charge in [-0.1, -0.05) is 249 Å². The molecule has 1 unspecified atom stereocenters. The third-order valence-corrected chi connectivity index (χ3v) is 10.3. The topological polar surface area (TPSA) is 78.9 Å². The van der Waals surface area contributed by atoms with Crippen molar-refractivity contribution in [2.24, 2.45) is 0 Å². The van der Waals surface area contributed by atoms with Crippen LogP contribution in [-0.2, 0) is 28.6 Å². The van der Waals surface area contributed by atoms with E-state index in [-0.39, 0.29) is 44.0 Å². The third kappa shape index (κ3) is 51.9. The fourth-order valence-corrected chi connectivity index (χ4v) is 6.43. The Morgan fingerprint density at radius 3 is 1.00 bits per heavy atom. The van der Waals surface area contributed by atoms with E-state index < -0.39 is 6.10 Å². The summed E-state index contributed by atoms with van der Waals surface area (Å²) in [5.41, 5.74) is 0. The van der Waals surface area contributed by atoms with Crippen molar-refractivity contribution in [3.8, 4) is 0 Å². The molecule has 0 saturated heterocycles. The van der Waals surface area contributed by atoms with Crippen LogP contribution in [0.5, 0.6) is 0 Å². The summed E-state index contributed by atoms with van der Waals surface area (Å²) >= 11 is 0. The highest BCUT2D eigenvalue weighted by molar-refractivity contribution is 5.71. The molecule has 0 saturated carbocycles. The molecular formula is C61H92O6. The first-order valence-corrected chi connectivity index (χ1v) is 26.2. The lowest BCUT2D eigenvalue weighted by Gasteiger charge is -2.18. The summed E-state index contributed by atoms with van der Waals surface area (Å²) in [6.45, 7) is 6.19. The maximum atomic E-state index is 12.8. The van der Waals surface area contributed by atoms with Crippen LogP contribution in [0.4, 0.5) is 0 Å².